The topological polar surface area (TPSA) is 38.1 Å². The first-order valence-corrected chi connectivity index (χ1v) is 6.31. The minimum absolute atomic E-state index is 0.314. The van der Waals surface area contributed by atoms with Crippen LogP contribution in [0.3, 0.4) is 0 Å². The smallest absolute Gasteiger partial charge is 0.183 e. The highest BCUT2D eigenvalue weighted by Crippen LogP contribution is 2.20. The highest BCUT2D eigenvalue weighted by Gasteiger charge is 2.07. The average Bonchev–Trinajstić information content (AvgIpc) is 2.77. The molecule has 15 heavy (non-hydrogen) atoms. The molecule has 0 amide bonds. The minimum atomic E-state index is 0.314. The van der Waals surface area contributed by atoms with Crippen LogP contribution in [0.25, 0.3) is 0 Å². The van der Waals surface area contributed by atoms with Gasteiger partial charge in [-0.05, 0) is 35.0 Å². The van der Waals surface area contributed by atoms with Crippen molar-refractivity contribution in [3.63, 3.8) is 0 Å². The summed E-state index contributed by atoms with van der Waals surface area (Å²) in [5.74, 6) is 0.991. The molecule has 1 atom stereocenters. The largest absolute Gasteiger partial charge is 0.469 e. The van der Waals surface area contributed by atoms with E-state index in [2.05, 4.69) is 33.2 Å². The maximum Gasteiger partial charge on any atom is 0.183 e. The standard InChI is InChI=1S/C10H11BrN2OS/c1-7(5-8-3-2-4-14-8)12-10-13-9(11)6-15-10/h2-4,6-7H,5H2,1H3,(H,12,13). The zero-order chi connectivity index (χ0) is 10.7. The molecule has 2 aromatic heterocycles. The van der Waals surface area contributed by atoms with E-state index in [1.54, 1.807) is 17.6 Å². The molecule has 0 radical (unpaired) electrons. The van der Waals surface area contributed by atoms with Crippen LogP contribution in [0.1, 0.15) is 12.7 Å². The van der Waals surface area contributed by atoms with Gasteiger partial charge in [-0.2, -0.15) is 0 Å². The molecular weight excluding hydrogens is 276 g/mol. The van der Waals surface area contributed by atoms with E-state index in [9.17, 15) is 0 Å². The number of nitrogens with zero attached hydrogens (tertiary/aromatic N) is 1. The minimum Gasteiger partial charge on any atom is -0.469 e. The summed E-state index contributed by atoms with van der Waals surface area (Å²) in [6.07, 6.45) is 2.56. The zero-order valence-corrected chi connectivity index (χ0v) is 10.6. The van der Waals surface area contributed by atoms with Crippen molar-refractivity contribution >= 4 is 32.4 Å². The predicted octanol–water partition coefficient (Wildman–Crippen LogP) is 3.54. The van der Waals surface area contributed by atoms with Crippen LogP contribution < -0.4 is 5.32 Å². The number of furan rings is 1. The zero-order valence-electron chi connectivity index (χ0n) is 8.24. The molecule has 3 nitrogen and oxygen atoms in total. The lowest BCUT2D eigenvalue weighted by atomic mass is 10.2. The molecule has 2 rings (SSSR count). The van der Waals surface area contributed by atoms with Gasteiger partial charge in [0, 0.05) is 17.8 Å². The van der Waals surface area contributed by atoms with Crippen LogP contribution in [0.5, 0.6) is 0 Å². The predicted molar refractivity (Wildman–Crippen MR) is 65.3 cm³/mol. The van der Waals surface area contributed by atoms with E-state index in [1.165, 1.54) is 0 Å². The third kappa shape index (κ3) is 3.07. The Morgan fingerprint density at radius 2 is 2.53 bits per heavy atom. The molecule has 0 aromatic carbocycles. The molecule has 2 aromatic rings. The quantitative estimate of drug-likeness (QED) is 0.934. The second-order valence-corrected chi connectivity index (χ2v) is 4.97. The first-order chi connectivity index (χ1) is 7.24. The van der Waals surface area contributed by atoms with Crippen molar-refractivity contribution in [1.82, 2.24) is 4.98 Å². The van der Waals surface area contributed by atoms with Gasteiger partial charge in [-0.3, -0.25) is 0 Å². The Bertz CT molecular complexity index is 413. The van der Waals surface area contributed by atoms with Gasteiger partial charge < -0.3 is 9.73 Å². The average molecular weight is 287 g/mol. The molecule has 1 N–H and O–H groups in total. The molecule has 0 fully saturated rings. The number of thiazole rings is 1. The van der Waals surface area contributed by atoms with Crippen molar-refractivity contribution in [3.05, 3.63) is 34.1 Å². The number of rotatable bonds is 4. The van der Waals surface area contributed by atoms with Crippen LogP contribution in [0.2, 0.25) is 0 Å². The Kier molecular flexibility index (Phi) is 3.43. The summed E-state index contributed by atoms with van der Waals surface area (Å²) in [4.78, 5) is 4.27. The van der Waals surface area contributed by atoms with E-state index in [0.717, 1.165) is 21.9 Å². The lowest BCUT2D eigenvalue weighted by Gasteiger charge is -2.10. The van der Waals surface area contributed by atoms with E-state index in [1.807, 2.05) is 17.5 Å². The van der Waals surface area contributed by atoms with Gasteiger partial charge in [0.15, 0.2) is 5.13 Å². The Labute approximate surface area is 101 Å². The van der Waals surface area contributed by atoms with Gasteiger partial charge in [-0.25, -0.2) is 4.98 Å². The fraction of sp³-hybridized carbons (Fsp3) is 0.300. The summed E-state index contributed by atoms with van der Waals surface area (Å²) in [5, 5.41) is 6.21. The lowest BCUT2D eigenvalue weighted by molar-refractivity contribution is 0.497. The SMILES string of the molecule is CC(Cc1ccco1)Nc1nc(Br)cs1. The molecule has 1 unspecified atom stereocenters. The maximum absolute atomic E-state index is 5.28. The second kappa shape index (κ2) is 4.81. The van der Waals surface area contributed by atoms with Crippen molar-refractivity contribution < 1.29 is 4.42 Å². The Balaban J connectivity index is 1.90. The van der Waals surface area contributed by atoms with E-state index < -0.39 is 0 Å². The van der Waals surface area contributed by atoms with Crippen molar-refractivity contribution in [2.75, 3.05) is 5.32 Å². The van der Waals surface area contributed by atoms with Gasteiger partial charge in [-0.15, -0.1) is 11.3 Å². The molecule has 0 saturated carbocycles. The molecule has 80 valence electrons. The van der Waals surface area contributed by atoms with Crippen molar-refractivity contribution in [1.29, 1.82) is 0 Å². The second-order valence-electron chi connectivity index (χ2n) is 3.30. The molecule has 0 bridgehead atoms. The fourth-order valence-corrected chi connectivity index (χ4v) is 2.57. The first kappa shape index (κ1) is 10.7. The molecule has 0 aliphatic carbocycles. The summed E-state index contributed by atoms with van der Waals surface area (Å²) in [6.45, 7) is 2.11. The molecule has 0 saturated heterocycles. The van der Waals surface area contributed by atoms with E-state index in [4.69, 9.17) is 4.42 Å². The monoisotopic (exact) mass is 286 g/mol. The van der Waals surface area contributed by atoms with Crippen LogP contribution in [-0.2, 0) is 6.42 Å². The summed E-state index contributed by atoms with van der Waals surface area (Å²) in [6, 6.07) is 4.20. The summed E-state index contributed by atoms with van der Waals surface area (Å²) >= 11 is 4.91. The molecule has 0 spiro atoms. The normalized spacial score (nSPS) is 12.7. The van der Waals surface area contributed by atoms with Crippen LogP contribution >= 0.6 is 27.3 Å². The number of hydrogen-bond donors (Lipinski definition) is 1. The number of anilines is 1. The summed E-state index contributed by atoms with van der Waals surface area (Å²) < 4.78 is 6.16. The maximum atomic E-state index is 5.28. The number of aromatic nitrogens is 1. The first-order valence-electron chi connectivity index (χ1n) is 4.64. The van der Waals surface area contributed by atoms with Gasteiger partial charge in [0.1, 0.15) is 10.4 Å². The van der Waals surface area contributed by atoms with Crippen LogP contribution in [-0.4, -0.2) is 11.0 Å². The number of nitrogens with one attached hydrogen (secondary N) is 1. The van der Waals surface area contributed by atoms with E-state index >= 15 is 0 Å². The number of hydrogen-bond acceptors (Lipinski definition) is 4. The van der Waals surface area contributed by atoms with Crippen molar-refractivity contribution in [3.8, 4) is 0 Å². The van der Waals surface area contributed by atoms with Gasteiger partial charge in [0.25, 0.3) is 0 Å². The van der Waals surface area contributed by atoms with Gasteiger partial charge in [-0.1, -0.05) is 0 Å². The molecule has 0 aliphatic rings. The van der Waals surface area contributed by atoms with Gasteiger partial charge in [0.05, 0.1) is 6.26 Å². The molecule has 5 heteroatoms. The third-order valence-corrected chi connectivity index (χ3v) is 3.42. The molecular formula is C10H11BrN2OS. The van der Waals surface area contributed by atoms with Gasteiger partial charge >= 0.3 is 0 Å². The Morgan fingerprint density at radius 1 is 1.67 bits per heavy atom. The number of halogens is 1. The Hall–Kier alpha value is -0.810. The molecule has 0 aliphatic heterocycles. The van der Waals surface area contributed by atoms with Crippen LogP contribution in [0, 0.1) is 0 Å². The lowest BCUT2D eigenvalue weighted by Crippen LogP contribution is -2.17. The van der Waals surface area contributed by atoms with Crippen molar-refractivity contribution in [2.45, 2.75) is 19.4 Å². The van der Waals surface area contributed by atoms with Crippen LogP contribution in [0.15, 0.2) is 32.8 Å². The highest BCUT2D eigenvalue weighted by molar-refractivity contribution is 9.10. The van der Waals surface area contributed by atoms with Crippen molar-refractivity contribution in [2.24, 2.45) is 0 Å². The third-order valence-electron chi connectivity index (χ3n) is 1.93. The summed E-state index contributed by atoms with van der Waals surface area (Å²) in [7, 11) is 0. The van der Waals surface area contributed by atoms with Crippen LogP contribution in [0.4, 0.5) is 5.13 Å². The highest BCUT2D eigenvalue weighted by atomic mass is 79.9. The molecule has 2 heterocycles. The fourth-order valence-electron chi connectivity index (χ4n) is 1.31. The Morgan fingerprint density at radius 3 is 3.13 bits per heavy atom. The van der Waals surface area contributed by atoms with E-state index in [0.29, 0.717) is 6.04 Å². The van der Waals surface area contributed by atoms with E-state index in [-0.39, 0.29) is 0 Å². The summed E-state index contributed by atoms with van der Waals surface area (Å²) in [5.41, 5.74) is 0. The van der Waals surface area contributed by atoms with Gasteiger partial charge in [0.2, 0.25) is 0 Å².